The molecule has 0 aliphatic rings. The highest BCUT2D eigenvalue weighted by Gasteiger charge is 2.40. The van der Waals surface area contributed by atoms with Crippen LogP contribution in [0.1, 0.15) is 110 Å². The Morgan fingerprint density at radius 1 is 0.793 bits per heavy atom. The number of allylic oxidation sites excluding steroid dienone is 1. The van der Waals surface area contributed by atoms with E-state index in [1.807, 2.05) is 0 Å². The molecule has 1 aromatic carbocycles. The van der Waals surface area contributed by atoms with Crippen molar-refractivity contribution in [2.24, 2.45) is 5.41 Å². The van der Waals surface area contributed by atoms with Crippen molar-refractivity contribution in [3.8, 4) is 0 Å². The summed E-state index contributed by atoms with van der Waals surface area (Å²) >= 11 is 6.88. The van der Waals surface area contributed by atoms with Crippen molar-refractivity contribution in [1.82, 2.24) is 6.15 Å². The summed E-state index contributed by atoms with van der Waals surface area (Å²) in [5.41, 5.74) is 1.31. The third-order valence-electron chi connectivity index (χ3n) is 6.41. The molecule has 0 bridgehead atoms. The number of halogens is 1. The van der Waals surface area contributed by atoms with Crippen molar-refractivity contribution in [3.05, 3.63) is 48.6 Å². The Hall–Kier alpha value is -0.790. The first-order valence-corrected chi connectivity index (χ1v) is 12.2. The van der Waals surface area contributed by atoms with Crippen LogP contribution in [-0.2, 0) is 6.42 Å². The van der Waals surface area contributed by atoms with Gasteiger partial charge in [-0.25, -0.2) is 0 Å². The standard InChI is InChI=1S/C27H45Cl.H3N/c1-5-7-8-9-10-11-12-13-14-15-16-20-23-27(6-2,26(3,4)28)24-25-21-18-17-19-22-25;/h6,17-19,21-22H,2,5,7-16,20,23-24H2,1,3-4H3;1H3. The number of unbranched alkanes of at least 4 members (excludes halogenated alkanes) is 11. The summed E-state index contributed by atoms with van der Waals surface area (Å²) < 4.78 is 0. The molecule has 0 aliphatic heterocycles. The minimum atomic E-state index is -0.289. The van der Waals surface area contributed by atoms with Crippen LogP contribution in [0.15, 0.2) is 43.0 Å². The lowest BCUT2D eigenvalue weighted by Gasteiger charge is -2.41. The lowest BCUT2D eigenvalue weighted by molar-refractivity contribution is 0.257. The van der Waals surface area contributed by atoms with Crippen molar-refractivity contribution in [2.45, 2.75) is 116 Å². The Bertz CT molecular complexity index is 505. The molecule has 1 nitrogen and oxygen atoms in total. The van der Waals surface area contributed by atoms with E-state index in [1.54, 1.807) is 0 Å². The summed E-state index contributed by atoms with van der Waals surface area (Å²) in [7, 11) is 0. The van der Waals surface area contributed by atoms with Gasteiger partial charge in [0.2, 0.25) is 0 Å². The van der Waals surface area contributed by atoms with Crippen molar-refractivity contribution in [3.63, 3.8) is 0 Å². The highest BCUT2D eigenvalue weighted by Crippen LogP contribution is 2.45. The maximum absolute atomic E-state index is 6.88. The van der Waals surface area contributed by atoms with E-state index in [0.29, 0.717) is 0 Å². The fourth-order valence-corrected chi connectivity index (χ4v) is 4.49. The van der Waals surface area contributed by atoms with Crippen LogP contribution < -0.4 is 6.15 Å². The Kier molecular flexibility index (Phi) is 15.5. The van der Waals surface area contributed by atoms with Gasteiger partial charge in [0, 0.05) is 10.3 Å². The van der Waals surface area contributed by atoms with E-state index in [9.17, 15) is 0 Å². The van der Waals surface area contributed by atoms with Gasteiger partial charge in [-0.05, 0) is 32.3 Å². The normalized spacial score (nSPS) is 13.5. The third-order valence-corrected chi connectivity index (χ3v) is 6.79. The van der Waals surface area contributed by atoms with E-state index in [1.165, 1.54) is 82.6 Å². The summed E-state index contributed by atoms with van der Waals surface area (Å²) in [6, 6.07) is 10.7. The molecule has 0 aromatic heterocycles. The van der Waals surface area contributed by atoms with E-state index in [0.717, 1.165) is 12.8 Å². The molecule has 29 heavy (non-hydrogen) atoms. The molecule has 3 N–H and O–H groups in total. The molecule has 0 saturated heterocycles. The van der Waals surface area contributed by atoms with Gasteiger partial charge >= 0.3 is 0 Å². The van der Waals surface area contributed by atoms with Gasteiger partial charge in [0.25, 0.3) is 0 Å². The number of hydrogen-bond donors (Lipinski definition) is 1. The summed E-state index contributed by atoms with van der Waals surface area (Å²) in [4.78, 5) is -0.289. The predicted molar refractivity (Wildman–Crippen MR) is 133 cm³/mol. The van der Waals surface area contributed by atoms with Gasteiger partial charge in [-0.3, -0.25) is 0 Å². The molecule has 0 fully saturated rings. The summed E-state index contributed by atoms with van der Waals surface area (Å²) in [6.07, 6.45) is 20.9. The van der Waals surface area contributed by atoms with Crippen LogP contribution in [0.3, 0.4) is 0 Å². The lowest BCUT2D eigenvalue weighted by Crippen LogP contribution is -2.39. The second-order valence-electron chi connectivity index (χ2n) is 9.13. The fraction of sp³-hybridized carbons (Fsp3) is 0.704. The van der Waals surface area contributed by atoms with Gasteiger partial charge < -0.3 is 6.15 Å². The third kappa shape index (κ3) is 11.2. The van der Waals surface area contributed by atoms with Gasteiger partial charge in [-0.1, -0.05) is 120 Å². The Balaban J connectivity index is 0.00000784. The zero-order valence-electron chi connectivity index (χ0n) is 19.7. The molecule has 0 saturated carbocycles. The highest BCUT2D eigenvalue weighted by molar-refractivity contribution is 6.24. The average molecular weight is 422 g/mol. The summed E-state index contributed by atoms with van der Waals surface area (Å²) in [5, 5.41) is 0. The van der Waals surface area contributed by atoms with E-state index >= 15 is 0 Å². The van der Waals surface area contributed by atoms with Crippen molar-refractivity contribution >= 4 is 11.6 Å². The molecule has 1 unspecified atom stereocenters. The van der Waals surface area contributed by atoms with Gasteiger partial charge in [0.15, 0.2) is 0 Å². The molecule has 0 radical (unpaired) electrons. The maximum atomic E-state index is 6.88. The van der Waals surface area contributed by atoms with Gasteiger partial charge in [-0.2, -0.15) is 0 Å². The molecule has 1 aromatic rings. The Morgan fingerprint density at radius 3 is 1.66 bits per heavy atom. The lowest BCUT2D eigenvalue weighted by atomic mass is 9.69. The molecular formula is C27H48ClN. The first-order chi connectivity index (χ1) is 13.4. The van der Waals surface area contributed by atoms with Crippen molar-refractivity contribution in [1.29, 1.82) is 0 Å². The van der Waals surface area contributed by atoms with E-state index in [2.05, 4.69) is 63.8 Å². The molecular weight excluding hydrogens is 374 g/mol. The molecule has 0 spiro atoms. The van der Waals surface area contributed by atoms with E-state index < -0.39 is 0 Å². The zero-order chi connectivity index (χ0) is 20.7. The quantitative estimate of drug-likeness (QED) is 0.151. The second kappa shape index (κ2) is 16.0. The number of benzene rings is 1. The van der Waals surface area contributed by atoms with Crippen LogP contribution in [-0.4, -0.2) is 4.87 Å². The Labute approximate surface area is 187 Å². The molecule has 1 rings (SSSR count). The first-order valence-electron chi connectivity index (χ1n) is 11.8. The molecule has 168 valence electrons. The molecule has 2 heteroatoms. The predicted octanol–water partition coefficient (Wildman–Crippen LogP) is 9.67. The number of alkyl halides is 1. The average Bonchev–Trinajstić information content (AvgIpc) is 2.67. The second-order valence-corrected chi connectivity index (χ2v) is 10.1. The van der Waals surface area contributed by atoms with E-state index in [-0.39, 0.29) is 16.4 Å². The number of rotatable bonds is 17. The minimum Gasteiger partial charge on any atom is -0.344 e. The summed E-state index contributed by atoms with van der Waals surface area (Å²) in [5.74, 6) is 0. The van der Waals surface area contributed by atoms with Crippen LogP contribution in [0.5, 0.6) is 0 Å². The van der Waals surface area contributed by atoms with Gasteiger partial charge in [0.05, 0.1) is 0 Å². The first kappa shape index (κ1) is 28.2. The van der Waals surface area contributed by atoms with Gasteiger partial charge in [-0.15, -0.1) is 18.2 Å². The SMILES string of the molecule is C=CC(CCCCCCCCCCCCCC)(Cc1ccccc1)C(C)(C)Cl.N. The fourth-order valence-electron chi connectivity index (χ4n) is 4.25. The molecule has 0 aliphatic carbocycles. The molecule has 1 atom stereocenters. The minimum absolute atomic E-state index is 0. The largest absolute Gasteiger partial charge is 0.344 e. The van der Waals surface area contributed by atoms with Crippen LogP contribution >= 0.6 is 11.6 Å². The van der Waals surface area contributed by atoms with Crippen LogP contribution in [0.25, 0.3) is 0 Å². The molecule has 0 amide bonds. The van der Waals surface area contributed by atoms with E-state index in [4.69, 9.17) is 11.6 Å². The van der Waals surface area contributed by atoms with Gasteiger partial charge in [0.1, 0.15) is 0 Å². The zero-order valence-corrected chi connectivity index (χ0v) is 20.4. The maximum Gasteiger partial charge on any atom is 0.0484 e. The van der Waals surface area contributed by atoms with Crippen LogP contribution in [0.4, 0.5) is 0 Å². The molecule has 0 heterocycles. The van der Waals surface area contributed by atoms with Crippen molar-refractivity contribution < 1.29 is 0 Å². The topological polar surface area (TPSA) is 35.0 Å². The van der Waals surface area contributed by atoms with Crippen LogP contribution in [0, 0.1) is 5.41 Å². The Morgan fingerprint density at radius 2 is 1.24 bits per heavy atom. The monoisotopic (exact) mass is 421 g/mol. The smallest absolute Gasteiger partial charge is 0.0484 e. The van der Waals surface area contributed by atoms with Crippen molar-refractivity contribution in [2.75, 3.05) is 0 Å². The number of hydrogen-bond acceptors (Lipinski definition) is 1. The highest BCUT2D eigenvalue weighted by atomic mass is 35.5. The van der Waals surface area contributed by atoms with Crippen LogP contribution in [0.2, 0.25) is 0 Å². The summed E-state index contributed by atoms with van der Waals surface area (Å²) in [6.45, 7) is 10.8.